The fourth-order valence-corrected chi connectivity index (χ4v) is 4.46. The Kier molecular flexibility index (Phi) is 10.2. The zero-order valence-electron chi connectivity index (χ0n) is 18.8. The molecule has 0 aliphatic carbocycles. The van der Waals surface area contributed by atoms with Crippen LogP contribution in [0.5, 0.6) is 0 Å². The fourth-order valence-electron chi connectivity index (χ4n) is 3.44. The zero-order chi connectivity index (χ0) is 22.8. The number of nitrogens with two attached hydrogens (primary N) is 1. The summed E-state index contributed by atoms with van der Waals surface area (Å²) in [5.74, 6) is -0.504. The minimum atomic E-state index is -0.504. The number of hydrogen-bond donors (Lipinski definition) is 2. The lowest BCUT2D eigenvalue weighted by Gasteiger charge is -2.21. The smallest absolute Gasteiger partial charge is 0.141 e. The number of ether oxygens (including phenoxy) is 1. The van der Waals surface area contributed by atoms with Crippen molar-refractivity contribution in [3.05, 3.63) is 64.5 Å². The molecule has 0 radical (unpaired) electrons. The summed E-state index contributed by atoms with van der Waals surface area (Å²) in [6.07, 6.45) is 1.56. The summed E-state index contributed by atoms with van der Waals surface area (Å²) in [5, 5.41) is 9.05. The number of benzene rings is 2. The van der Waals surface area contributed by atoms with Gasteiger partial charge in [0.15, 0.2) is 0 Å². The molecule has 0 aromatic heterocycles. The first-order valence-corrected chi connectivity index (χ1v) is 11.6. The second-order valence-corrected chi connectivity index (χ2v) is 8.01. The normalized spacial score (nSPS) is 14.1. The Labute approximate surface area is 189 Å². The van der Waals surface area contributed by atoms with Crippen LogP contribution < -0.4 is 10.5 Å². The highest BCUT2D eigenvalue weighted by molar-refractivity contribution is 8.06. The largest absolute Gasteiger partial charge is 0.377 e. The Bertz CT molecular complexity index is 952. The van der Waals surface area contributed by atoms with Crippen molar-refractivity contribution in [2.75, 3.05) is 19.7 Å². The van der Waals surface area contributed by atoms with Crippen LogP contribution in [0.3, 0.4) is 0 Å². The molecule has 0 bridgehead atoms. The van der Waals surface area contributed by atoms with E-state index in [0.717, 1.165) is 40.1 Å². The second kappa shape index (κ2) is 12.6. The first-order chi connectivity index (χ1) is 15.1. The molecule has 0 spiro atoms. The van der Waals surface area contributed by atoms with Gasteiger partial charge in [-0.25, -0.2) is 4.39 Å². The molecule has 4 nitrogen and oxygen atoms in total. The quantitative estimate of drug-likeness (QED) is 0.517. The van der Waals surface area contributed by atoms with E-state index in [1.165, 1.54) is 17.7 Å². The van der Waals surface area contributed by atoms with Crippen molar-refractivity contribution in [1.29, 1.82) is 5.26 Å². The molecule has 3 N–H and O–H groups in total. The van der Waals surface area contributed by atoms with E-state index in [4.69, 9.17) is 15.7 Å². The van der Waals surface area contributed by atoms with Gasteiger partial charge in [0.25, 0.3) is 0 Å². The van der Waals surface area contributed by atoms with E-state index in [0.29, 0.717) is 19.6 Å². The van der Waals surface area contributed by atoms with Gasteiger partial charge in [-0.15, -0.1) is 0 Å². The average Bonchev–Trinajstić information content (AvgIpc) is 3.23. The molecule has 2 aromatic carbocycles. The van der Waals surface area contributed by atoms with E-state index in [1.807, 2.05) is 32.0 Å². The number of hydrogen-bond acceptors (Lipinski definition) is 5. The summed E-state index contributed by atoms with van der Waals surface area (Å²) in [5.41, 5.74) is 11.2. The maximum atomic E-state index is 14.3. The van der Waals surface area contributed by atoms with Gasteiger partial charge < -0.3 is 10.5 Å². The average molecular weight is 442 g/mol. The van der Waals surface area contributed by atoms with Gasteiger partial charge in [-0.2, -0.15) is 5.26 Å². The monoisotopic (exact) mass is 441 g/mol. The molecule has 1 aliphatic heterocycles. The summed E-state index contributed by atoms with van der Waals surface area (Å²) in [7, 11) is 0. The predicted octanol–water partition coefficient (Wildman–Crippen LogP) is 5.67. The lowest BCUT2D eigenvalue weighted by Crippen LogP contribution is -2.27. The van der Waals surface area contributed by atoms with Gasteiger partial charge in [-0.3, -0.25) is 4.72 Å². The summed E-state index contributed by atoms with van der Waals surface area (Å²) in [4.78, 5) is 1.16. The van der Waals surface area contributed by atoms with Crippen molar-refractivity contribution in [2.24, 2.45) is 5.73 Å². The second-order valence-electron chi connectivity index (χ2n) is 7.11. The van der Waals surface area contributed by atoms with Gasteiger partial charge >= 0.3 is 0 Å². The number of nitrogens with zero attached hydrogens (tertiary/aromatic N) is 1. The Morgan fingerprint density at radius 2 is 2.06 bits per heavy atom. The lowest BCUT2D eigenvalue weighted by molar-refractivity contribution is 0.0599. The molecule has 6 heteroatoms. The lowest BCUT2D eigenvalue weighted by atomic mass is 9.90. The molecule has 166 valence electrons. The van der Waals surface area contributed by atoms with Crippen LogP contribution in [-0.4, -0.2) is 25.8 Å². The van der Waals surface area contributed by atoms with E-state index in [-0.39, 0.29) is 11.7 Å². The fraction of sp³-hybridized carbons (Fsp3) is 0.400. The topological polar surface area (TPSA) is 71.1 Å². The SMILES string of the molecule is CC.CCCOC(CN)Cc1cccc(-c2ccc(C#N)c(F)c2)c1C1=C(C)CNS1. The minimum Gasteiger partial charge on any atom is -0.377 e. The van der Waals surface area contributed by atoms with Crippen molar-refractivity contribution in [3.63, 3.8) is 0 Å². The first kappa shape index (κ1) is 25.1. The highest BCUT2D eigenvalue weighted by atomic mass is 32.2. The molecule has 31 heavy (non-hydrogen) atoms. The number of rotatable bonds is 8. The molecule has 1 aliphatic rings. The van der Waals surface area contributed by atoms with Gasteiger partial charge in [0.05, 0.1) is 11.7 Å². The van der Waals surface area contributed by atoms with Crippen molar-refractivity contribution in [2.45, 2.75) is 46.6 Å². The van der Waals surface area contributed by atoms with E-state index >= 15 is 0 Å². The maximum Gasteiger partial charge on any atom is 0.141 e. The predicted molar refractivity (Wildman–Crippen MR) is 129 cm³/mol. The van der Waals surface area contributed by atoms with Crippen LogP contribution in [0.2, 0.25) is 0 Å². The zero-order valence-corrected chi connectivity index (χ0v) is 19.6. The van der Waals surface area contributed by atoms with Gasteiger partial charge in [-0.05, 0) is 59.7 Å². The molecule has 3 rings (SSSR count). The van der Waals surface area contributed by atoms with E-state index in [2.05, 4.69) is 24.6 Å². The molecule has 1 unspecified atom stereocenters. The van der Waals surface area contributed by atoms with Crippen LogP contribution in [-0.2, 0) is 11.2 Å². The molecular formula is C25H32FN3OS. The van der Waals surface area contributed by atoms with Crippen LogP contribution in [0.1, 0.15) is 50.8 Å². The summed E-state index contributed by atoms with van der Waals surface area (Å²) in [6.45, 7) is 10.1. The van der Waals surface area contributed by atoms with Crippen LogP contribution in [0.4, 0.5) is 4.39 Å². The van der Waals surface area contributed by atoms with Gasteiger partial charge in [0.2, 0.25) is 0 Å². The molecule has 0 fully saturated rings. The van der Waals surface area contributed by atoms with E-state index < -0.39 is 5.82 Å². The maximum absolute atomic E-state index is 14.3. The van der Waals surface area contributed by atoms with Crippen LogP contribution in [0, 0.1) is 17.1 Å². The van der Waals surface area contributed by atoms with E-state index in [9.17, 15) is 4.39 Å². The molecule has 1 atom stereocenters. The molecule has 0 amide bonds. The van der Waals surface area contributed by atoms with Gasteiger partial charge in [-0.1, -0.05) is 45.0 Å². The van der Waals surface area contributed by atoms with Crippen LogP contribution in [0.15, 0.2) is 42.0 Å². The number of halogens is 1. The summed E-state index contributed by atoms with van der Waals surface area (Å²) in [6, 6.07) is 12.8. The Hall–Kier alpha value is -2.17. The number of nitriles is 1. The van der Waals surface area contributed by atoms with Gasteiger partial charge in [0.1, 0.15) is 11.9 Å². The Morgan fingerprint density at radius 1 is 1.29 bits per heavy atom. The molecular weight excluding hydrogens is 409 g/mol. The van der Waals surface area contributed by atoms with Crippen molar-refractivity contribution in [3.8, 4) is 17.2 Å². The summed E-state index contributed by atoms with van der Waals surface area (Å²) < 4.78 is 23.6. The first-order valence-electron chi connectivity index (χ1n) is 10.8. The van der Waals surface area contributed by atoms with Crippen LogP contribution >= 0.6 is 11.9 Å². The minimum absolute atomic E-state index is 0.0509. The highest BCUT2D eigenvalue weighted by Gasteiger charge is 2.22. The molecule has 2 aromatic rings. The van der Waals surface area contributed by atoms with Gasteiger partial charge in [0, 0.05) is 36.6 Å². The summed E-state index contributed by atoms with van der Waals surface area (Å²) >= 11 is 1.60. The van der Waals surface area contributed by atoms with Crippen molar-refractivity contribution < 1.29 is 9.13 Å². The molecule has 0 saturated carbocycles. The number of nitrogens with one attached hydrogen (secondary N) is 1. The third kappa shape index (κ3) is 6.18. The third-order valence-electron chi connectivity index (χ3n) is 4.95. The van der Waals surface area contributed by atoms with Crippen molar-refractivity contribution in [1.82, 2.24) is 4.72 Å². The van der Waals surface area contributed by atoms with Crippen LogP contribution in [0.25, 0.3) is 16.0 Å². The standard InChI is InChI=1S/C23H26FN3OS.C2H6/c1-3-9-28-19(13-26)10-17-5-4-6-20(22(17)23-15(2)14-27-29-23)16-7-8-18(12-25)21(24)11-16;1-2/h4-8,11,19,27H,3,9-10,13-14,26H2,1-2H3;1-2H3. The van der Waals surface area contributed by atoms with Crippen molar-refractivity contribution >= 4 is 16.9 Å². The van der Waals surface area contributed by atoms with E-state index in [1.54, 1.807) is 18.0 Å². The molecule has 1 heterocycles. The Morgan fingerprint density at radius 3 is 2.65 bits per heavy atom. The molecule has 0 saturated heterocycles. The third-order valence-corrected chi connectivity index (χ3v) is 5.99. The Balaban J connectivity index is 0.00000166. The highest BCUT2D eigenvalue weighted by Crippen LogP contribution is 2.41.